The molecule has 1 heterocycles. The number of carbonyl (C=O) groups is 1. The number of aromatic nitrogens is 2. The lowest BCUT2D eigenvalue weighted by Crippen LogP contribution is -2.26. The van der Waals surface area contributed by atoms with Crippen LogP contribution in [0.25, 0.3) is 0 Å². The van der Waals surface area contributed by atoms with Crippen LogP contribution < -0.4 is 24.4 Å². The van der Waals surface area contributed by atoms with Crippen molar-refractivity contribution in [2.75, 3.05) is 31.0 Å². The van der Waals surface area contributed by atoms with Crippen molar-refractivity contribution in [2.45, 2.75) is 38.2 Å². The molecule has 0 aliphatic rings. The predicted molar refractivity (Wildman–Crippen MR) is 143 cm³/mol. The standard InChI is InChI=1S/C26H31BrN4O5/c1-4-5-14-36-25-28-22(15-27)23(29-26(32)33)24(30-25)31(16-18-6-10-20(34-2)11-7-18)17-19-8-12-21(35-3)13-9-19/h6-13,29H,4-5,14-17H2,1-3H3,(H,32,33). The van der Waals surface area contributed by atoms with E-state index in [2.05, 4.69) is 38.1 Å². The molecular weight excluding hydrogens is 528 g/mol. The van der Waals surface area contributed by atoms with Gasteiger partial charge in [0.05, 0.1) is 26.5 Å². The molecule has 2 aromatic carbocycles. The Morgan fingerprint density at radius 3 is 1.97 bits per heavy atom. The number of alkyl halides is 1. The Morgan fingerprint density at radius 2 is 1.53 bits per heavy atom. The molecule has 9 nitrogen and oxygen atoms in total. The summed E-state index contributed by atoms with van der Waals surface area (Å²) in [5, 5.41) is 12.4. The maximum Gasteiger partial charge on any atom is 0.409 e. The first kappa shape index (κ1) is 27.1. The molecule has 36 heavy (non-hydrogen) atoms. The molecule has 0 radical (unpaired) electrons. The smallest absolute Gasteiger partial charge is 0.409 e. The van der Waals surface area contributed by atoms with Gasteiger partial charge in [-0.3, -0.25) is 5.32 Å². The topological polar surface area (TPSA) is 106 Å². The third-order valence-corrected chi connectivity index (χ3v) is 5.93. The quantitative estimate of drug-likeness (QED) is 0.198. The van der Waals surface area contributed by atoms with Gasteiger partial charge in [-0.1, -0.05) is 53.5 Å². The number of hydrogen-bond acceptors (Lipinski definition) is 7. The summed E-state index contributed by atoms with van der Waals surface area (Å²) in [6.45, 7) is 3.46. The Labute approximate surface area is 219 Å². The van der Waals surface area contributed by atoms with Crippen LogP contribution in [0.4, 0.5) is 16.3 Å². The van der Waals surface area contributed by atoms with Crippen molar-refractivity contribution in [3.63, 3.8) is 0 Å². The van der Waals surface area contributed by atoms with E-state index in [1.54, 1.807) is 14.2 Å². The number of unbranched alkanes of at least 4 members (excludes halogenated alkanes) is 1. The van der Waals surface area contributed by atoms with Crippen molar-refractivity contribution < 1.29 is 24.1 Å². The van der Waals surface area contributed by atoms with Crippen LogP contribution in [-0.2, 0) is 18.4 Å². The number of halogens is 1. The van der Waals surface area contributed by atoms with Crippen molar-refractivity contribution in [3.05, 3.63) is 65.4 Å². The van der Waals surface area contributed by atoms with Gasteiger partial charge in [0.25, 0.3) is 0 Å². The van der Waals surface area contributed by atoms with E-state index in [1.807, 2.05) is 53.4 Å². The van der Waals surface area contributed by atoms with Crippen LogP contribution in [0.2, 0.25) is 0 Å². The number of ether oxygens (including phenoxy) is 3. The van der Waals surface area contributed by atoms with E-state index in [9.17, 15) is 9.90 Å². The molecule has 3 aromatic rings. The molecule has 0 aliphatic carbocycles. The summed E-state index contributed by atoms with van der Waals surface area (Å²) < 4.78 is 16.4. The zero-order valence-corrected chi connectivity index (χ0v) is 22.2. The van der Waals surface area contributed by atoms with Crippen molar-refractivity contribution in [1.29, 1.82) is 0 Å². The number of anilines is 2. The fraction of sp³-hybridized carbons (Fsp3) is 0.346. The highest BCUT2D eigenvalue weighted by molar-refractivity contribution is 9.08. The van der Waals surface area contributed by atoms with Gasteiger partial charge in [-0.25, -0.2) is 4.79 Å². The summed E-state index contributed by atoms with van der Waals surface area (Å²) >= 11 is 3.44. The number of rotatable bonds is 13. The van der Waals surface area contributed by atoms with Gasteiger partial charge in [0, 0.05) is 18.4 Å². The number of nitrogens with zero attached hydrogens (tertiary/aromatic N) is 3. The van der Waals surface area contributed by atoms with E-state index in [0.717, 1.165) is 35.5 Å². The molecule has 0 aliphatic heterocycles. The molecule has 0 unspecified atom stereocenters. The van der Waals surface area contributed by atoms with Gasteiger partial charge in [-0.15, -0.1) is 0 Å². The number of nitrogens with one attached hydrogen (secondary N) is 1. The second-order valence-electron chi connectivity index (χ2n) is 7.97. The lowest BCUT2D eigenvalue weighted by atomic mass is 10.1. The molecule has 0 saturated heterocycles. The molecular formula is C26H31BrN4O5. The average molecular weight is 559 g/mol. The van der Waals surface area contributed by atoms with Crippen molar-refractivity contribution in [2.24, 2.45) is 0 Å². The van der Waals surface area contributed by atoms with Crippen LogP contribution in [0, 0.1) is 0 Å². The van der Waals surface area contributed by atoms with Crippen LogP contribution >= 0.6 is 15.9 Å². The number of carboxylic acid groups (broad SMARTS) is 1. The van der Waals surface area contributed by atoms with E-state index >= 15 is 0 Å². The first-order valence-corrected chi connectivity index (χ1v) is 12.7. The molecule has 0 saturated carbocycles. The molecule has 192 valence electrons. The molecule has 3 rings (SSSR count). The third-order valence-electron chi connectivity index (χ3n) is 5.40. The normalized spacial score (nSPS) is 10.6. The van der Waals surface area contributed by atoms with Crippen LogP contribution in [0.1, 0.15) is 36.6 Å². The monoisotopic (exact) mass is 558 g/mol. The van der Waals surface area contributed by atoms with Gasteiger partial charge in [-0.2, -0.15) is 9.97 Å². The molecule has 2 N–H and O–H groups in total. The van der Waals surface area contributed by atoms with Crippen molar-refractivity contribution >= 4 is 33.5 Å². The summed E-state index contributed by atoms with van der Waals surface area (Å²) in [6, 6.07) is 15.6. The minimum atomic E-state index is -1.20. The maximum atomic E-state index is 11.7. The molecule has 1 aromatic heterocycles. The van der Waals surface area contributed by atoms with Gasteiger partial charge in [0.15, 0.2) is 5.82 Å². The largest absolute Gasteiger partial charge is 0.497 e. The van der Waals surface area contributed by atoms with Crippen LogP contribution in [0.3, 0.4) is 0 Å². The highest BCUT2D eigenvalue weighted by atomic mass is 79.9. The fourth-order valence-corrected chi connectivity index (χ4v) is 3.92. The zero-order valence-electron chi connectivity index (χ0n) is 20.7. The minimum Gasteiger partial charge on any atom is -0.497 e. The van der Waals surface area contributed by atoms with E-state index in [0.29, 0.717) is 42.2 Å². The Morgan fingerprint density at radius 1 is 0.972 bits per heavy atom. The van der Waals surface area contributed by atoms with Gasteiger partial charge in [-0.05, 0) is 41.8 Å². The maximum absolute atomic E-state index is 11.7. The molecule has 0 spiro atoms. The highest BCUT2D eigenvalue weighted by Gasteiger charge is 2.22. The summed E-state index contributed by atoms with van der Waals surface area (Å²) in [7, 11) is 3.25. The van der Waals surface area contributed by atoms with Gasteiger partial charge in [0.1, 0.15) is 17.2 Å². The number of methoxy groups -OCH3 is 2. The van der Waals surface area contributed by atoms with Gasteiger partial charge >= 0.3 is 12.1 Å². The van der Waals surface area contributed by atoms with Crippen LogP contribution in [0.5, 0.6) is 17.5 Å². The molecule has 0 fully saturated rings. The first-order chi connectivity index (χ1) is 17.5. The Hall–Kier alpha value is -3.53. The van der Waals surface area contributed by atoms with E-state index < -0.39 is 6.09 Å². The number of amides is 1. The SMILES string of the molecule is CCCCOc1nc(CBr)c(NC(=O)O)c(N(Cc2ccc(OC)cc2)Cc2ccc(OC)cc2)n1. The van der Waals surface area contributed by atoms with Crippen LogP contribution in [0.15, 0.2) is 48.5 Å². The van der Waals surface area contributed by atoms with E-state index in [-0.39, 0.29) is 6.01 Å². The molecule has 0 bridgehead atoms. The molecule has 1 amide bonds. The lowest BCUT2D eigenvalue weighted by molar-refractivity contribution is 0.209. The summed E-state index contributed by atoms with van der Waals surface area (Å²) in [5.74, 6) is 1.94. The predicted octanol–water partition coefficient (Wildman–Crippen LogP) is 5.86. The summed E-state index contributed by atoms with van der Waals surface area (Å²) in [5.41, 5.74) is 2.80. The Kier molecular flexibility index (Phi) is 10.2. The second kappa shape index (κ2) is 13.5. The number of benzene rings is 2. The van der Waals surface area contributed by atoms with Gasteiger partial charge in [0.2, 0.25) is 0 Å². The summed E-state index contributed by atoms with van der Waals surface area (Å²) in [4.78, 5) is 22.8. The fourth-order valence-electron chi connectivity index (χ4n) is 3.51. The van der Waals surface area contributed by atoms with Gasteiger partial charge < -0.3 is 24.2 Å². The average Bonchev–Trinajstić information content (AvgIpc) is 2.89. The zero-order chi connectivity index (χ0) is 25.9. The van der Waals surface area contributed by atoms with E-state index in [1.165, 1.54) is 0 Å². The Balaban J connectivity index is 2.08. The molecule has 0 atom stereocenters. The van der Waals surface area contributed by atoms with Crippen molar-refractivity contribution in [3.8, 4) is 17.5 Å². The molecule has 10 heteroatoms. The third kappa shape index (κ3) is 7.48. The highest BCUT2D eigenvalue weighted by Crippen LogP contribution is 2.33. The Bertz CT molecular complexity index is 1080. The van der Waals surface area contributed by atoms with Crippen molar-refractivity contribution in [1.82, 2.24) is 9.97 Å². The number of hydrogen-bond donors (Lipinski definition) is 2. The first-order valence-electron chi connectivity index (χ1n) is 11.6. The minimum absolute atomic E-state index is 0.207. The van der Waals surface area contributed by atoms with Crippen LogP contribution in [-0.4, -0.2) is 42.0 Å². The second-order valence-corrected chi connectivity index (χ2v) is 8.53. The lowest BCUT2D eigenvalue weighted by Gasteiger charge is -2.27. The van der Waals surface area contributed by atoms with E-state index in [4.69, 9.17) is 14.2 Å². The summed E-state index contributed by atoms with van der Waals surface area (Å²) in [6.07, 6.45) is 0.632.